The fraction of sp³-hybridized carbons (Fsp3) is 1.00. The minimum absolute atomic E-state index is 0.527. The van der Waals surface area contributed by atoms with Crippen molar-refractivity contribution in [2.45, 2.75) is 54.6 Å². The highest BCUT2D eigenvalue weighted by atomic mass is 79.9. The third-order valence-corrected chi connectivity index (χ3v) is 6.78. The Balaban J connectivity index is 1.96. The summed E-state index contributed by atoms with van der Waals surface area (Å²) < 4.78 is 0.527. The van der Waals surface area contributed by atoms with Gasteiger partial charge in [-0.25, -0.2) is 0 Å². The molecule has 4 aliphatic carbocycles. The van der Waals surface area contributed by atoms with Crippen molar-refractivity contribution in [1.82, 2.24) is 0 Å². The van der Waals surface area contributed by atoms with Crippen molar-refractivity contribution in [3.05, 3.63) is 0 Å². The number of hydrogen-bond donors (Lipinski definition) is 0. The zero-order valence-corrected chi connectivity index (χ0v) is 11.9. The molecule has 14 heavy (non-hydrogen) atoms. The molecule has 0 aliphatic heterocycles. The predicted molar refractivity (Wildman–Crippen MR) is 67.2 cm³/mol. The van der Waals surface area contributed by atoms with Crippen LogP contribution in [0.25, 0.3) is 0 Å². The third-order valence-electron chi connectivity index (χ3n) is 4.88. The SMILES string of the molecule is C[C@@H](Br)C12C[C@H]3C[C@@H](CC(Br)(C3)C1)C2. The molecule has 0 saturated heterocycles. The molecule has 0 nitrogen and oxygen atoms in total. The van der Waals surface area contributed by atoms with E-state index in [2.05, 4.69) is 38.8 Å². The van der Waals surface area contributed by atoms with E-state index in [-0.39, 0.29) is 0 Å². The molecule has 0 unspecified atom stereocenters. The van der Waals surface area contributed by atoms with Crippen molar-refractivity contribution in [3.8, 4) is 0 Å². The van der Waals surface area contributed by atoms with Crippen LogP contribution >= 0.6 is 31.9 Å². The Labute approximate surface area is 103 Å². The van der Waals surface area contributed by atoms with Gasteiger partial charge < -0.3 is 0 Å². The van der Waals surface area contributed by atoms with Crippen LogP contribution in [0, 0.1) is 17.3 Å². The first-order valence-corrected chi connectivity index (χ1v) is 7.55. The maximum atomic E-state index is 4.04. The summed E-state index contributed by atoms with van der Waals surface area (Å²) >= 11 is 7.91. The molecule has 4 rings (SSSR count). The van der Waals surface area contributed by atoms with Crippen LogP contribution in [0.1, 0.15) is 45.4 Å². The van der Waals surface area contributed by atoms with Gasteiger partial charge in [-0.1, -0.05) is 38.8 Å². The highest BCUT2D eigenvalue weighted by Gasteiger charge is 2.57. The largest absolute Gasteiger partial charge is 0.0888 e. The number of alkyl halides is 2. The zero-order valence-electron chi connectivity index (χ0n) is 8.73. The summed E-state index contributed by atoms with van der Waals surface area (Å²) in [5, 5.41) is 0. The standard InChI is InChI=1S/C12H18Br2/c1-8(13)11-3-9-2-10(4-11)6-12(14,5-9)7-11/h8-10H,2-7H2,1H3/t8-,9-,10-,11?,12?/m1/s1. The molecule has 0 spiro atoms. The Bertz CT molecular complexity index is 245. The second-order valence-corrected chi connectivity index (χ2v) is 9.15. The summed E-state index contributed by atoms with van der Waals surface area (Å²) in [7, 11) is 0. The van der Waals surface area contributed by atoms with Crippen LogP contribution < -0.4 is 0 Å². The Hall–Kier alpha value is 0.960. The van der Waals surface area contributed by atoms with Crippen molar-refractivity contribution >= 4 is 31.9 Å². The first-order valence-electron chi connectivity index (χ1n) is 5.84. The van der Waals surface area contributed by atoms with Crippen LogP contribution in [0.5, 0.6) is 0 Å². The van der Waals surface area contributed by atoms with Gasteiger partial charge in [0.05, 0.1) is 0 Å². The minimum Gasteiger partial charge on any atom is -0.0888 e. The van der Waals surface area contributed by atoms with E-state index in [1.807, 2.05) is 0 Å². The van der Waals surface area contributed by atoms with Crippen molar-refractivity contribution in [3.63, 3.8) is 0 Å². The number of rotatable bonds is 1. The fourth-order valence-electron chi connectivity index (χ4n) is 4.69. The van der Waals surface area contributed by atoms with Crippen LogP contribution in [0.3, 0.4) is 0 Å². The van der Waals surface area contributed by atoms with Crippen LogP contribution in [0.2, 0.25) is 0 Å². The molecule has 0 heterocycles. The van der Waals surface area contributed by atoms with Crippen molar-refractivity contribution in [1.29, 1.82) is 0 Å². The molecule has 4 saturated carbocycles. The lowest BCUT2D eigenvalue weighted by Gasteiger charge is -2.61. The molecule has 0 N–H and O–H groups in total. The van der Waals surface area contributed by atoms with E-state index in [1.165, 1.54) is 38.5 Å². The molecule has 0 radical (unpaired) electrons. The lowest BCUT2D eigenvalue weighted by molar-refractivity contribution is -0.0322. The highest BCUT2D eigenvalue weighted by Crippen LogP contribution is 2.66. The summed E-state index contributed by atoms with van der Waals surface area (Å²) in [6.07, 6.45) is 8.82. The summed E-state index contributed by atoms with van der Waals surface area (Å²) in [6.45, 7) is 2.36. The molecule has 0 amide bonds. The van der Waals surface area contributed by atoms with Gasteiger partial charge in [-0.3, -0.25) is 0 Å². The molecule has 4 aliphatic rings. The molecule has 4 fully saturated rings. The first kappa shape index (κ1) is 10.1. The van der Waals surface area contributed by atoms with Crippen LogP contribution in [-0.2, 0) is 0 Å². The van der Waals surface area contributed by atoms with Gasteiger partial charge in [-0.15, -0.1) is 0 Å². The Kier molecular flexibility index (Phi) is 2.17. The topological polar surface area (TPSA) is 0 Å². The Morgan fingerprint density at radius 1 is 1.14 bits per heavy atom. The van der Waals surface area contributed by atoms with Crippen molar-refractivity contribution < 1.29 is 0 Å². The number of halogens is 2. The molecule has 80 valence electrons. The normalized spacial score (nSPS) is 57.6. The Morgan fingerprint density at radius 3 is 2.14 bits per heavy atom. The van der Waals surface area contributed by atoms with E-state index in [4.69, 9.17) is 0 Å². The second kappa shape index (κ2) is 3.00. The van der Waals surface area contributed by atoms with Gasteiger partial charge in [0.25, 0.3) is 0 Å². The lowest BCUT2D eigenvalue weighted by atomic mass is 9.49. The third kappa shape index (κ3) is 1.36. The lowest BCUT2D eigenvalue weighted by Crippen LogP contribution is -2.55. The maximum absolute atomic E-state index is 4.04. The molecule has 4 bridgehead atoms. The van der Waals surface area contributed by atoms with E-state index in [9.17, 15) is 0 Å². The molecule has 3 atom stereocenters. The van der Waals surface area contributed by atoms with Gasteiger partial charge in [0.1, 0.15) is 0 Å². The van der Waals surface area contributed by atoms with E-state index in [0.29, 0.717) is 14.6 Å². The summed E-state index contributed by atoms with van der Waals surface area (Å²) in [5.74, 6) is 2.05. The fourth-order valence-corrected chi connectivity index (χ4v) is 6.70. The number of hydrogen-bond acceptors (Lipinski definition) is 0. The molecule has 0 aromatic carbocycles. The van der Waals surface area contributed by atoms with E-state index in [1.54, 1.807) is 0 Å². The molecule has 2 heteroatoms. The van der Waals surface area contributed by atoms with Gasteiger partial charge in [-0.2, -0.15) is 0 Å². The highest BCUT2D eigenvalue weighted by molar-refractivity contribution is 9.10. The Morgan fingerprint density at radius 2 is 1.71 bits per heavy atom. The average molecular weight is 322 g/mol. The van der Waals surface area contributed by atoms with Gasteiger partial charge in [0.15, 0.2) is 0 Å². The molecular weight excluding hydrogens is 304 g/mol. The van der Waals surface area contributed by atoms with Crippen molar-refractivity contribution in [2.75, 3.05) is 0 Å². The molecular formula is C12H18Br2. The van der Waals surface area contributed by atoms with Crippen LogP contribution in [0.15, 0.2) is 0 Å². The van der Waals surface area contributed by atoms with Gasteiger partial charge in [0, 0.05) is 9.15 Å². The first-order chi connectivity index (χ1) is 6.51. The summed E-state index contributed by atoms with van der Waals surface area (Å²) in [6, 6.07) is 0. The monoisotopic (exact) mass is 320 g/mol. The quantitative estimate of drug-likeness (QED) is 0.624. The van der Waals surface area contributed by atoms with Crippen LogP contribution in [0.4, 0.5) is 0 Å². The predicted octanol–water partition coefficient (Wildman–Crippen LogP) is 4.50. The van der Waals surface area contributed by atoms with Gasteiger partial charge in [0.2, 0.25) is 0 Å². The average Bonchev–Trinajstić information content (AvgIpc) is 1.98. The molecule has 0 aromatic heterocycles. The summed E-state index contributed by atoms with van der Waals surface area (Å²) in [5.41, 5.74) is 0.633. The van der Waals surface area contributed by atoms with E-state index < -0.39 is 0 Å². The second-order valence-electron chi connectivity index (χ2n) is 6.09. The minimum atomic E-state index is 0.527. The van der Waals surface area contributed by atoms with E-state index >= 15 is 0 Å². The smallest absolute Gasteiger partial charge is 0.0269 e. The van der Waals surface area contributed by atoms with E-state index in [0.717, 1.165) is 11.8 Å². The molecule has 0 aromatic rings. The maximum Gasteiger partial charge on any atom is 0.0269 e. The van der Waals surface area contributed by atoms with Gasteiger partial charge >= 0.3 is 0 Å². The van der Waals surface area contributed by atoms with Gasteiger partial charge in [-0.05, 0) is 55.8 Å². The van der Waals surface area contributed by atoms with Crippen molar-refractivity contribution in [2.24, 2.45) is 17.3 Å². The summed E-state index contributed by atoms with van der Waals surface area (Å²) in [4.78, 5) is 0.706. The zero-order chi connectivity index (χ0) is 9.97. The van der Waals surface area contributed by atoms with Crippen LogP contribution in [-0.4, -0.2) is 9.15 Å².